The van der Waals surface area contributed by atoms with Crippen molar-refractivity contribution < 1.29 is 4.79 Å². The molecule has 0 spiro atoms. The molecule has 21 heavy (non-hydrogen) atoms. The summed E-state index contributed by atoms with van der Waals surface area (Å²) in [5.41, 5.74) is 1.83. The molecule has 106 valence electrons. The molecule has 2 aromatic heterocycles. The summed E-state index contributed by atoms with van der Waals surface area (Å²) in [4.78, 5) is 16.6. The maximum atomic E-state index is 12.2. The van der Waals surface area contributed by atoms with Crippen molar-refractivity contribution in [2.75, 3.05) is 5.32 Å². The van der Waals surface area contributed by atoms with Gasteiger partial charge < -0.3 is 5.32 Å². The Balaban J connectivity index is 1.71. The number of hydrogen-bond acceptors (Lipinski definition) is 3. The van der Waals surface area contributed by atoms with E-state index in [1.807, 2.05) is 72.2 Å². The van der Waals surface area contributed by atoms with Gasteiger partial charge in [-0.1, -0.05) is 36.0 Å². The third-order valence-corrected chi connectivity index (χ3v) is 4.18. The largest absolute Gasteiger partial charge is 0.325 e. The van der Waals surface area contributed by atoms with Gasteiger partial charge in [0.15, 0.2) is 5.16 Å². The van der Waals surface area contributed by atoms with Crippen LogP contribution in [0.4, 0.5) is 5.69 Å². The van der Waals surface area contributed by atoms with Gasteiger partial charge in [0.2, 0.25) is 5.91 Å². The number of nitrogens with zero attached hydrogens (tertiary/aromatic N) is 2. The van der Waals surface area contributed by atoms with E-state index in [0.717, 1.165) is 16.4 Å². The van der Waals surface area contributed by atoms with Crippen molar-refractivity contribution in [2.24, 2.45) is 0 Å². The van der Waals surface area contributed by atoms with Gasteiger partial charge in [0, 0.05) is 11.9 Å². The molecule has 4 nitrogen and oxygen atoms in total. The number of imidazole rings is 1. The molecular weight excluding hydrogens is 282 g/mol. The summed E-state index contributed by atoms with van der Waals surface area (Å²) in [6, 6.07) is 15.4. The van der Waals surface area contributed by atoms with Crippen LogP contribution in [0.3, 0.4) is 0 Å². The Bertz CT molecular complexity index is 754. The molecular formula is C16H15N3OS. The zero-order valence-electron chi connectivity index (χ0n) is 11.6. The number of benzene rings is 1. The van der Waals surface area contributed by atoms with E-state index in [9.17, 15) is 4.79 Å². The van der Waals surface area contributed by atoms with Crippen LogP contribution in [-0.2, 0) is 4.79 Å². The lowest BCUT2D eigenvalue weighted by Crippen LogP contribution is -2.22. The van der Waals surface area contributed by atoms with E-state index in [-0.39, 0.29) is 11.2 Å². The molecule has 1 atom stereocenters. The highest BCUT2D eigenvalue weighted by atomic mass is 32.2. The molecule has 3 aromatic rings. The highest BCUT2D eigenvalue weighted by molar-refractivity contribution is 8.00. The number of hydrogen-bond donors (Lipinski definition) is 1. The molecule has 0 aliphatic heterocycles. The minimum Gasteiger partial charge on any atom is -0.325 e. The summed E-state index contributed by atoms with van der Waals surface area (Å²) in [5.74, 6) is -0.0288. The monoisotopic (exact) mass is 297 g/mol. The Hall–Kier alpha value is -2.27. The number of nitrogens with one attached hydrogen (secondary N) is 1. The molecule has 0 fully saturated rings. The first kappa shape index (κ1) is 13.7. The second kappa shape index (κ2) is 6.01. The number of amides is 1. The molecule has 2 heterocycles. The number of pyridine rings is 1. The summed E-state index contributed by atoms with van der Waals surface area (Å²) in [6.07, 6.45) is 3.76. The molecule has 1 aromatic carbocycles. The molecule has 5 heteroatoms. The number of thioether (sulfide) groups is 1. The molecule has 1 N–H and O–H groups in total. The summed E-state index contributed by atoms with van der Waals surface area (Å²) in [7, 11) is 0. The van der Waals surface area contributed by atoms with Gasteiger partial charge in [0.1, 0.15) is 0 Å². The zero-order valence-corrected chi connectivity index (χ0v) is 12.4. The number of anilines is 1. The van der Waals surface area contributed by atoms with Crippen LogP contribution in [0.1, 0.15) is 6.92 Å². The fraction of sp³-hybridized carbons (Fsp3) is 0.125. The van der Waals surface area contributed by atoms with Gasteiger partial charge >= 0.3 is 0 Å². The second-order valence-corrected chi connectivity index (χ2v) is 5.96. The van der Waals surface area contributed by atoms with Crippen molar-refractivity contribution >= 4 is 28.9 Å². The van der Waals surface area contributed by atoms with Crippen LogP contribution < -0.4 is 5.32 Å². The van der Waals surface area contributed by atoms with Crippen LogP contribution in [-0.4, -0.2) is 20.5 Å². The van der Waals surface area contributed by atoms with Gasteiger partial charge in [0.25, 0.3) is 0 Å². The Morgan fingerprint density at radius 2 is 1.95 bits per heavy atom. The molecule has 1 amide bonds. The maximum absolute atomic E-state index is 12.2. The number of rotatable bonds is 4. The number of aromatic nitrogens is 2. The average Bonchev–Trinajstić information content (AvgIpc) is 2.91. The standard InChI is InChI=1S/C16H15N3OS/c1-12(15(20)18-13-7-3-2-4-8-13)21-16-17-11-14-9-5-6-10-19(14)16/h2-12H,1H3,(H,18,20). The summed E-state index contributed by atoms with van der Waals surface area (Å²) in [5, 5.41) is 3.50. The lowest BCUT2D eigenvalue weighted by Gasteiger charge is -2.11. The number of carbonyl (C=O) groups is 1. The fourth-order valence-corrected chi connectivity index (χ4v) is 2.86. The molecule has 1 unspecified atom stereocenters. The number of carbonyl (C=O) groups excluding carboxylic acids is 1. The average molecular weight is 297 g/mol. The number of para-hydroxylation sites is 1. The van der Waals surface area contributed by atoms with Gasteiger partial charge in [-0.15, -0.1) is 0 Å². The zero-order chi connectivity index (χ0) is 14.7. The van der Waals surface area contributed by atoms with Crippen LogP contribution in [0.5, 0.6) is 0 Å². The highest BCUT2D eigenvalue weighted by Gasteiger charge is 2.17. The Labute approximate surface area is 127 Å². The predicted molar refractivity (Wildman–Crippen MR) is 85.6 cm³/mol. The van der Waals surface area contributed by atoms with Gasteiger partial charge in [-0.05, 0) is 31.2 Å². The molecule has 0 bridgehead atoms. The minimum atomic E-state index is -0.226. The van der Waals surface area contributed by atoms with Gasteiger partial charge in [-0.25, -0.2) is 4.98 Å². The minimum absolute atomic E-state index is 0.0288. The summed E-state index contributed by atoms with van der Waals surface area (Å²) < 4.78 is 1.98. The van der Waals surface area contributed by atoms with Crippen molar-refractivity contribution in [2.45, 2.75) is 17.3 Å². The van der Waals surface area contributed by atoms with E-state index >= 15 is 0 Å². The topological polar surface area (TPSA) is 46.4 Å². The highest BCUT2D eigenvalue weighted by Crippen LogP contribution is 2.24. The van der Waals surface area contributed by atoms with E-state index < -0.39 is 0 Å². The van der Waals surface area contributed by atoms with E-state index in [4.69, 9.17) is 0 Å². The smallest absolute Gasteiger partial charge is 0.237 e. The third kappa shape index (κ3) is 3.08. The summed E-state index contributed by atoms with van der Waals surface area (Å²) in [6.45, 7) is 1.88. The second-order valence-electron chi connectivity index (χ2n) is 4.65. The van der Waals surface area contributed by atoms with Crippen molar-refractivity contribution in [3.63, 3.8) is 0 Å². The maximum Gasteiger partial charge on any atom is 0.237 e. The van der Waals surface area contributed by atoms with E-state index in [1.165, 1.54) is 11.8 Å². The normalized spacial score (nSPS) is 12.2. The van der Waals surface area contributed by atoms with Crippen molar-refractivity contribution in [1.82, 2.24) is 9.38 Å². The first-order valence-corrected chi connectivity index (χ1v) is 7.56. The van der Waals surface area contributed by atoms with Crippen molar-refractivity contribution in [1.29, 1.82) is 0 Å². The molecule has 0 aliphatic carbocycles. The lowest BCUT2D eigenvalue weighted by atomic mass is 10.3. The first-order valence-electron chi connectivity index (χ1n) is 6.69. The van der Waals surface area contributed by atoms with Gasteiger partial charge in [0.05, 0.1) is 17.0 Å². The SMILES string of the molecule is CC(Sc1ncc2ccccn12)C(=O)Nc1ccccc1. The van der Waals surface area contributed by atoms with Crippen molar-refractivity contribution in [3.8, 4) is 0 Å². The Morgan fingerprint density at radius 3 is 2.76 bits per heavy atom. The molecule has 0 radical (unpaired) electrons. The van der Waals surface area contributed by atoms with Gasteiger partial charge in [-0.3, -0.25) is 9.20 Å². The van der Waals surface area contributed by atoms with E-state index in [0.29, 0.717) is 0 Å². The van der Waals surface area contributed by atoms with E-state index in [2.05, 4.69) is 10.3 Å². The molecule has 0 saturated carbocycles. The Morgan fingerprint density at radius 1 is 1.19 bits per heavy atom. The Kier molecular flexibility index (Phi) is 3.92. The molecule has 3 rings (SSSR count). The van der Waals surface area contributed by atoms with Crippen LogP contribution in [0.15, 0.2) is 66.1 Å². The molecule has 0 saturated heterocycles. The lowest BCUT2D eigenvalue weighted by molar-refractivity contribution is -0.115. The predicted octanol–water partition coefficient (Wildman–Crippen LogP) is 3.45. The van der Waals surface area contributed by atoms with Crippen LogP contribution >= 0.6 is 11.8 Å². The van der Waals surface area contributed by atoms with Gasteiger partial charge in [-0.2, -0.15) is 0 Å². The van der Waals surface area contributed by atoms with E-state index in [1.54, 1.807) is 0 Å². The van der Waals surface area contributed by atoms with Crippen LogP contribution in [0, 0.1) is 0 Å². The third-order valence-electron chi connectivity index (χ3n) is 3.10. The van der Waals surface area contributed by atoms with Crippen LogP contribution in [0.25, 0.3) is 5.52 Å². The van der Waals surface area contributed by atoms with Crippen LogP contribution in [0.2, 0.25) is 0 Å². The number of fused-ring (bicyclic) bond motifs is 1. The quantitative estimate of drug-likeness (QED) is 0.750. The summed E-state index contributed by atoms with van der Waals surface area (Å²) >= 11 is 1.45. The van der Waals surface area contributed by atoms with Crippen molar-refractivity contribution in [3.05, 3.63) is 60.9 Å². The first-order chi connectivity index (χ1) is 10.2. The molecule has 0 aliphatic rings. The fourth-order valence-electron chi connectivity index (χ4n) is 1.98.